The number of urea groups is 1. The van der Waals surface area contributed by atoms with Gasteiger partial charge in [-0.1, -0.05) is 0 Å². The predicted octanol–water partition coefficient (Wildman–Crippen LogP) is 3.12. The molecule has 0 aromatic heterocycles. The maximum atomic E-state index is 11.9. The number of amides is 2. The molecule has 8 heteroatoms. The smallest absolute Gasteiger partial charge is 0.335 e. The highest BCUT2D eigenvalue weighted by Crippen LogP contribution is 2.24. The van der Waals surface area contributed by atoms with E-state index in [9.17, 15) is 9.59 Å². The van der Waals surface area contributed by atoms with Gasteiger partial charge in [-0.05, 0) is 34.1 Å². The summed E-state index contributed by atoms with van der Waals surface area (Å²) < 4.78 is 0.542. The minimum Gasteiger partial charge on any atom is -0.478 e. The molecule has 0 aliphatic carbocycles. The minimum absolute atomic E-state index is 0.170. The molecule has 0 radical (unpaired) electrons. The van der Waals surface area contributed by atoms with Gasteiger partial charge in [-0.2, -0.15) is 23.5 Å². The number of anilines is 1. The van der Waals surface area contributed by atoms with Gasteiger partial charge in [0.05, 0.1) is 11.3 Å². The second-order valence-corrected chi connectivity index (χ2v) is 7.81. The number of halogens is 1. The van der Waals surface area contributed by atoms with Crippen LogP contribution < -0.4 is 10.6 Å². The zero-order valence-corrected chi connectivity index (χ0v) is 14.3. The van der Waals surface area contributed by atoms with Gasteiger partial charge in [0.25, 0.3) is 0 Å². The summed E-state index contributed by atoms with van der Waals surface area (Å²) in [6.45, 7) is 0.633. The summed E-state index contributed by atoms with van der Waals surface area (Å²) in [6.07, 6.45) is 0. The lowest BCUT2D eigenvalue weighted by Gasteiger charge is -2.21. The van der Waals surface area contributed by atoms with Gasteiger partial charge in [0, 0.05) is 33.5 Å². The average molecular weight is 391 g/mol. The van der Waals surface area contributed by atoms with Crippen molar-refractivity contribution in [3.05, 3.63) is 28.2 Å². The van der Waals surface area contributed by atoms with Gasteiger partial charge >= 0.3 is 12.0 Å². The molecule has 1 heterocycles. The highest BCUT2D eigenvalue weighted by atomic mass is 79.9. The molecule has 2 amide bonds. The molecule has 1 unspecified atom stereocenters. The molecular weight excluding hydrogens is 376 g/mol. The third-order valence-corrected chi connectivity index (χ3v) is 6.34. The SMILES string of the molecule is O=C(NCC1CSCCS1)Nc1ccc(C(=O)O)cc1Br. The number of aromatic carboxylic acids is 1. The first kappa shape index (κ1) is 16.5. The maximum Gasteiger partial charge on any atom is 0.335 e. The molecule has 114 valence electrons. The highest BCUT2D eigenvalue weighted by molar-refractivity contribution is 9.10. The third-order valence-electron chi connectivity index (χ3n) is 2.84. The Bertz CT molecular complexity index is 536. The monoisotopic (exact) mass is 390 g/mol. The largest absolute Gasteiger partial charge is 0.478 e. The fourth-order valence-corrected chi connectivity index (χ4v) is 4.87. The van der Waals surface area contributed by atoms with Crippen molar-refractivity contribution in [1.82, 2.24) is 5.32 Å². The molecule has 0 bridgehead atoms. The Hall–Kier alpha value is -0.860. The van der Waals surface area contributed by atoms with E-state index in [4.69, 9.17) is 5.11 Å². The van der Waals surface area contributed by atoms with E-state index in [2.05, 4.69) is 26.6 Å². The molecule has 21 heavy (non-hydrogen) atoms. The number of carboxylic acid groups (broad SMARTS) is 1. The third kappa shape index (κ3) is 5.12. The predicted molar refractivity (Wildman–Crippen MR) is 91.7 cm³/mol. The first-order chi connectivity index (χ1) is 10.1. The lowest BCUT2D eigenvalue weighted by atomic mass is 10.2. The lowest BCUT2D eigenvalue weighted by molar-refractivity contribution is 0.0697. The summed E-state index contributed by atoms with van der Waals surface area (Å²) in [5.41, 5.74) is 0.714. The van der Waals surface area contributed by atoms with Gasteiger partial charge in [-0.3, -0.25) is 0 Å². The van der Waals surface area contributed by atoms with Crippen molar-refractivity contribution in [1.29, 1.82) is 0 Å². The number of thioether (sulfide) groups is 2. The Labute approximate surface area is 139 Å². The number of carbonyl (C=O) groups excluding carboxylic acids is 1. The molecular formula is C13H15BrN2O3S2. The van der Waals surface area contributed by atoms with E-state index in [0.29, 0.717) is 22.0 Å². The van der Waals surface area contributed by atoms with Crippen molar-refractivity contribution >= 4 is 57.1 Å². The van der Waals surface area contributed by atoms with Crippen LogP contribution in [-0.2, 0) is 0 Å². The van der Waals surface area contributed by atoms with Crippen LogP contribution in [-0.4, -0.2) is 46.2 Å². The Balaban J connectivity index is 1.85. The molecule has 3 N–H and O–H groups in total. The Morgan fingerprint density at radius 1 is 1.38 bits per heavy atom. The maximum absolute atomic E-state index is 11.9. The van der Waals surface area contributed by atoms with Crippen LogP contribution in [0.1, 0.15) is 10.4 Å². The standard InChI is InChI=1S/C13H15BrN2O3S2/c14-10-5-8(12(17)18)1-2-11(10)16-13(19)15-6-9-7-20-3-4-21-9/h1-2,5,9H,3-4,6-7H2,(H,17,18)(H2,15,16,19). The van der Waals surface area contributed by atoms with E-state index in [1.165, 1.54) is 17.9 Å². The van der Waals surface area contributed by atoms with Crippen LogP contribution in [0.15, 0.2) is 22.7 Å². The van der Waals surface area contributed by atoms with Gasteiger partial charge in [0.15, 0.2) is 0 Å². The van der Waals surface area contributed by atoms with Crippen LogP contribution in [0.4, 0.5) is 10.5 Å². The van der Waals surface area contributed by atoms with Gasteiger partial charge in [0.1, 0.15) is 0 Å². The molecule has 1 aliphatic rings. The Morgan fingerprint density at radius 3 is 2.81 bits per heavy atom. The molecule has 1 aromatic carbocycles. The summed E-state index contributed by atoms with van der Waals surface area (Å²) in [5.74, 6) is 2.36. The van der Waals surface area contributed by atoms with Crippen LogP contribution in [0, 0.1) is 0 Å². The van der Waals surface area contributed by atoms with Crippen LogP contribution >= 0.6 is 39.5 Å². The molecule has 5 nitrogen and oxygen atoms in total. The van der Waals surface area contributed by atoms with Gasteiger partial charge in [0.2, 0.25) is 0 Å². The summed E-state index contributed by atoms with van der Waals surface area (Å²) in [7, 11) is 0. The highest BCUT2D eigenvalue weighted by Gasteiger charge is 2.15. The van der Waals surface area contributed by atoms with Crippen molar-refractivity contribution in [2.24, 2.45) is 0 Å². The van der Waals surface area contributed by atoms with Gasteiger partial charge in [-0.25, -0.2) is 9.59 Å². The zero-order valence-electron chi connectivity index (χ0n) is 11.1. The average Bonchev–Trinajstić information content (AvgIpc) is 2.48. The number of nitrogens with one attached hydrogen (secondary N) is 2. The first-order valence-corrected chi connectivity index (χ1v) is 9.33. The van der Waals surface area contributed by atoms with Crippen molar-refractivity contribution in [2.45, 2.75) is 5.25 Å². The van der Waals surface area contributed by atoms with Gasteiger partial charge in [-0.15, -0.1) is 0 Å². The number of hydrogen-bond donors (Lipinski definition) is 3. The number of carboxylic acids is 1. The quantitative estimate of drug-likeness (QED) is 0.735. The fraction of sp³-hybridized carbons (Fsp3) is 0.385. The van der Waals surface area contributed by atoms with Crippen molar-refractivity contribution < 1.29 is 14.7 Å². The molecule has 1 saturated heterocycles. The number of benzene rings is 1. The molecule has 1 atom stereocenters. The summed E-state index contributed by atoms with van der Waals surface area (Å²) >= 11 is 7.05. The van der Waals surface area contributed by atoms with Crippen molar-refractivity contribution in [3.63, 3.8) is 0 Å². The second-order valence-electron chi connectivity index (χ2n) is 4.40. The summed E-state index contributed by atoms with van der Waals surface area (Å²) in [5, 5.41) is 14.9. The molecule has 0 saturated carbocycles. The summed E-state index contributed by atoms with van der Waals surface area (Å²) in [6, 6.07) is 4.20. The minimum atomic E-state index is -1.00. The van der Waals surface area contributed by atoms with E-state index in [-0.39, 0.29) is 11.6 Å². The van der Waals surface area contributed by atoms with E-state index < -0.39 is 5.97 Å². The topological polar surface area (TPSA) is 78.4 Å². The molecule has 0 spiro atoms. The van der Waals surface area contributed by atoms with Gasteiger partial charge < -0.3 is 15.7 Å². The van der Waals surface area contributed by atoms with Crippen molar-refractivity contribution in [3.8, 4) is 0 Å². The Morgan fingerprint density at radius 2 is 2.19 bits per heavy atom. The first-order valence-electron chi connectivity index (χ1n) is 6.33. The van der Waals surface area contributed by atoms with E-state index in [1.807, 2.05) is 23.5 Å². The Kier molecular flexibility index (Phi) is 6.25. The van der Waals surface area contributed by atoms with E-state index >= 15 is 0 Å². The van der Waals surface area contributed by atoms with E-state index in [1.54, 1.807) is 6.07 Å². The zero-order chi connectivity index (χ0) is 15.2. The van der Waals surface area contributed by atoms with E-state index in [0.717, 1.165) is 11.5 Å². The molecule has 1 fully saturated rings. The second kappa shape index (κ2) is 7.95. The number of hydrogen-bond acceptors (Lipinski definition) is 4. The molecule has 2 rings (SSSR count). The van der Waals surface area contributed by atoms with Crippen LogP contribution in [0.5, 0.6) is 0 Å². The van der Waals surface area contributed by atoms with Crippen molar-refractivity contribution in [2.75, 3.05) is 29.1 Å². The van der Waals surface area contributed by atoms with Crippen LogP contribution in [0.3, 0.4) is 0 Å². The molecule has 1 aliphatic heterocycles. The van der Waals surface area contributed by atoms with Crippen LogP contribution in [0.25, 0.3) is 0 Å². The summed E-state index contributed by atoms with van der Waals surface area (Å²) in [4.78, 5) is 22.7. The number of carbonyl (C=O) groups is 2. The number of rotatable bonds is 4. The molecule has 1 aromatic rings. The fourth-order valence-electron chi connectivity index (χ4n) is 1.78. The van der Waals surface area contributed by atoms with Crippen LogP contribution in [0.2, 0.25) is 0 Å². The normalized spacial score (nSPS) is 18.0. The lowest BCUT2D eigenvalue weighted by Crippen LogP contribution is -2.36.